The first-order chi connectivity index (χ1) is 10.9. The van der Waals surface area contributed by atoms with Crippen molar-refractivity contribution in [3.05, 3.63) is 70.5 Å². The van der Waals surface area contributed by atoms with Gasteiger partial charge in [-0.15, -0.1) is 0 Å². The van der Waals surface area contributed by atoms with E-state index < -0.39 is 24.0 Å². The predicted molar refractivity (Wildman–Crippen MR) is 78.2 cm³/mol. The number of hydrogen-bond donors (Lipinski definition) is 4. The largest absolute Gasteiger partial charge is 0.478 e. The van der Waals surface area contributed by atoms with Crippen LogP contribution < -0.4 is 5.32 Å². The molecule has 1 amide bonds. The van der Waals surface area contributed by atoms with Crippen molar-refractivity contribution in [3.8, 4) is 0 Å². The van der Waals surface area contributed by atoms with Crippen molar-refractivity contribution >= 4 is 11.9 Å². The van der Waals surface area contributed by atoms with Gasteiger partial charge in [-0.1, -0.05) is 18.2 Å². The van der Waals surface area contributed by atoms with Gasteiger partial charge >= 0.3 is 5.97 Å². The Kier molecular flexibility index (Phi) is 5.05. The van der Waals surface area contributed by atoms with Gasteiger partial charge in [-0.25, -0.2) is 9.18 Å². The number of nitrogens with one attached hydrogen (secondary N) is 1. The zero-order chi connectivity index (χ0) is 17.0. The molecule has 0 spiro atoms. The fourth-order valence-corrected chi connectivity index (χ4v) is 1.99. The van der Waals surface area contributed by atoms with Gasteiger partial charge in [0, 0.05) is 12.1 Å². The lowest BCUT2D eigenvalue weighted by Gasteiger charge is -2.12. The second kappa shape index (κ2) is 6.99. The zero-order valence-corrected chi connectivity index (χ0v) is 11.9. The lowest BCUT2D eigenvalue weighted by Crippen LogP contribution is -2.24. The van der Waals surface area contributed by atoms with Crippen LogP contribution in [0.25, 0.3) is 0 Å². The van der Waals surface area contributed by atoms with E-state index in [1.807, 2.05) is 0 Å². The molecule has 2 rings (SSSR count). The maximum absolute atomic E-state index is 13.3. The Morgan fingerprint density at radius 2 is 1.74 bits per heavy atom. The summed E-state index contributed by atoms with van der Waals surface area (Å²) in [5.41, 5.74) is 0.481. The van der Waals surface area contributed by atoms with E-state index in [2.05, 4.69) is 5.32 Å². The van der Waals surface area contributed by atoms with Crippen LogP contribution in [0.3, 0.4) is 0 Å². The zero-order valence-electron chi connectivity index (χ0n) is 11.9. The van der Waals surface area contributed by atoms with E-state index in [-0.39, 0.29) is 23.2 Å². The number of aliphatic hydroxyl groups is 2. The maximum Gasteiger partial charge on any atom is 0.335 e. The number of hydrogen-bond acceptors (Lipinski definition) is 4. The molecule has 0 aliphatic carbocycles. The molecule has 0 bridgehead atoms. The van der Waals surface area contributed by atoms with Crippen molar-refractivity contribution in [1.29, 1.82) is 0 Å². The van der Waals surface area contributed by atoms with E-state index in [1.54, 1.807) is 0 Å². The number of benzene rings is 2. The van der Waals surface area contributed by atoms with Gasteiger partial charge in [-0.05, 0) is 29.8 Å². The lowest BCUT2D eigenvalue weighted by molar-refractivity contribution is -0.0430. The molecule has 0 aromatic heterocycles. The van der Waals surface area contributed by atoms with E-state index in [9.17, 15) is 24.2 Å². The highest BCUT2D eigenvalue weighted by atomic mass is 19.1. The summed E-state index contributed by atoms with van der Waals surface area (Å²) < 4.78 is 13.3. The van der Waals surface area contributed by atoms with Crippen molar-refractivity contribution in [2.24, 2.45) is 0 Å². The number of carboxylic acid groups (broad SMARTS) is 1. The molecule has 7 heteroatoms. The molecular weight excluding hydrogens is 305 g/mol. The number of halogens is 1. The molecular formula is C16H14FNO5. The van der Waals surface area contributed by atoms with Gasteiger partial charge < -0.3 is 20.6 Å². The number of aliphatic hydroxyl groups excluding tert-OH is 1. The summed E-state index contributed by atoms with van der Waals surface area (Å²) in [6.45, 7) is 0.0796. The van der Waals surface area contributed by atoms with Crippen molar-refractivity contribution in [3.63, 3.8) is 0 Å². The van der Waals surface area contributed by atoms with E-state index in [1.165, 1.54) is 24.3 Å². The van der Waals surface area contributed by atoms with Crippen molar-refractivity contribution in [2.75, 3.05) is 0 Å². The van der Waals surface area contributed by atoms with Crippen molar-refractivity contribution in [2.45, 2.75) is 12.8 Å². The minimum absolute atomic E-state index is 0.0796. The number of amides is 1. The average molecular weight is 319 g/mol. The van der Waals surface area contributed by atoms with Gasteiger partial charge in [0.2, 0.25) is 0 Å². The minimum Gasteiger partial charge on any atom is -0.478 e. The van der Waals surface area contributed by atoms with Gasteiger partial charge in [-0.3, -0.25) is 4.79 Å². The number of carbonyl (C=O) groups is 2. The molecule has 0 radical (unpaired) electrons. The van der Waals surface area contributed by atoms with Crippen LogP contribution in [-0.4, -0.2) is 27.2 Å². The molecule has 2 aromatic rings. The summed E-state index contributed by atoms with van der Waals surface area (Å²) in [6, 6.07) is 8.93. The highest BCUT2D eigenvalue weighted by molar-refractivity contribution is 5.95. The smallest absolute Gasteiger partial charge is 0.335 e. The Hall–Kier alpha value is -2.77. The van der Waals surface area contributed by atoms with Crippen LogP contribution in [0.15, 0.2) is 42.5 Å². The van der Waals surface area contributed by atoms with Crippen LogP contribution in [0.2, 0.25) is 0 Å². The molecule has 0 saturated carbocycles. The molecule has 0 unspecified atom stereocenters. The predicted octanol–water partition coefficient (Wildman–Crippen LogP) is 1.44. The Balaban J connectivity index is 2.10. The minimum atomic E-state index is -1.90. The summed E-state index contributed by atoms with van der Waals surface area (Å²) in [5, 5.41) is 29.7. The Morgan fingerprint density at radius 1 is 1.09 bits per heavy atom. The third kappa shape index (κ3) is 4.12. The molecule has 120 valence electrons. The van der Waals surface area contributed by atoms with E-state index in [0.717, 1.165) is 18.2 Å². The van der Waals surface area contributed by atoms with E-state index in [0.29, 0.717) is 5.56 Å². The Bertz CT molecular complexity index is 728. The van der Waals surface area contributed by atoms with Crippen molar-refractivity contribution in [1.82, 2.24) is 5.32 Å². The molecule has 0 aliphatic rings. The lowest BCUT2D eigenvalue weighted by atomic mass is 10.1. The fraction of sp³-hybridized carbons (Fsp3) is 0.125. The molecule has 0 aliphatic heterocycles. The van der Waals surface area contributed by atoms with Gasteiger partial charge in [0.05, 0.1) is 11.1 Å². The second-order valence-electron chi connectivity index (χ2n) is 4.79. The van der Waals surface area contributed by atoms with Crippen LogP contribution in [0.4, 0.5) is 4.39 Å². The first kappa shape index (κ1) is 16.6. The van der Waals surface area contributed by atoms with E-state index >= 15 is 0 Å². The van der Waals surface area contributed by atoms with Crippen LogP contribution in [0.5, 0.6) is 0 Å². The van der Waals surface area contributed by atoms with Crippen LogP contribution in [-0.2, 0) is 6.54 Å². The standard InChI is InChI=1S/C16H14FNO5/c17-11-5-6-12(16(22)23)13(7-11)14(19)18-8-9-1-3-10(4-2-9)15(20)21/h1-7,16,22-23H,8H2,(H,18,19)(H,20,21). The quantitative estimate of drug-likeness (QED) is 0.624. The molecule has 6 nitrogen and oxygen atoms in total. The van der Waals surface area contributed by atoms with Gasteiger partial charge in [0.25, 0.3) is 5.91 Å². The maximum atomic E-state index is 13.3. The summed E-state index contributed by atoms with van der Waals surface area (Å²) in [5.74, 6) is -2.40. The third-order valence-corrected chi connectivity index (χ3v) is 3.19. The first-order valence-electron chi connectivity index (χ1n) is 6.64. The molecule has 0 saturated heterocycles. The number of carboxylic acids is 1. The average Bonchev–Trinajstić information content (AvgIpc) is 2.52. The number of carbonyl (C=O) groups excluding carboxylic acids is 1. The summed E-state index contributed by atoms with van der Waals surface area (Å²) in [6.07, 6.45) is -1.90. The summed E-state index contributed by atoms with van der Waals surface area (Å²) in [4.78, 5) is 22.8. The molecule has 0 heterocycles. The SMILES string of the molecule is O=C(O)c1ccc(CNC(=O)c2cc(F)ccc2C(O)O)cc1. The van der Waals surface area contributed by atoms with Crippen LogP contribution in [0.1, 0.15) is 38.1 Å². The van der Waals surface area contributed by atoms with Gasteiger partial charge in [-0.2, -0.15) is 0 Å². The van der Waals surface area contributed by atoms with E-state index in [4.69, 9.17) is 5.11 Å². The molecule has 0 fully saturated rings. The Labute approximate surface area is 130 Å². The summed E-state index contributed by atoms with van der Waals surface area (Å²) >= 11 is 0. The normalized spacial score (nSPS) is 10.6. The molecule has 0 atom stereocenters. The highest BCUT2D eigenvalue weighted by Gasteiger charge is 2.16. The monoisotopic (exact) mass is 319 g/mol. The number of aromatic carboxylic acids is 1. The first-order valence-corrected chi connectivity index (χ1v) is 6.64. The third-order valence-electron chi connectivity index (χ3n) is 3.19. The molecule has 23 heavy (non-hydrogen) atoms. The second-order valence-corrected chi connectivity index (χ2v) is 4.79. The molecule has 4 N–H and O–H groups in total. The Morgan fingerprint density at radius 3 is 2.30 bits per heavy atom. The number of rotatable bonds is 5. The van der Waals surface area contributed by atoms with Crippen LogP contribution in [0, 0.1) is 5.82 Å². The van der Waals surface area contributed by atoms with Crippen molar-refractivity contribution < 1.29 is 29.3 Å². The highest BCUT2D eigenvalue weighted by Crippen LogP contribution is 2.17. The molecule has 2 aromatic carbocycles. The fourth-order valence-electron chi connectivity index (χ4n) is 1.99. The van der Waals surface area contributed by atoms with Gasteiger partial charge in [0.15, 0.2) is 6.29 Å². The van der Waals surface area contributed by atoms with Gasteiger partial charge in [0.1, 0.15) is 5.82 Å². The topological polar surface area (TPSA) is 107 Å². The van der Waals surface area contributed by atoms with Crippen LogP contribution >= 0.6 is 0 Å². The summed E-state index contributed by atoms with van der Waals surface area (Å²) in [7, 11) is 0.